The van der Waals surface area contributed by atoms with Crippen LogP contribution in [0.3, 0.4) is 0 Å². The Labute approximate surface area is 132 Å². The van der Waals surface area contributed by atoms with Gasteiger partial charge in [0.15, 0.2) is 0 Å². The molecule has 1 saturated heterocycles. The van der Waals surface area contributed by atoms with E-state index >= 15 is 0 Å². The van der Waals surface area contributed by atoms with Crippen molar-refractivity contribution in [2.45, 2.75) is 31.7 Å². The van der Waals surface area contributed by atoms with Crippen LogP contribution in [0.4, 0.5) is 5.69 Å². The van der Waals surface area contributed by atoms with Crippen LogP contribution >= 0.6 is 27.5 Å². The Morgan fingerprint density at radius 3 is 3.05 bits per heavy atom. The van der Waals surface area contributed by atoms with Gasteiger partial charge in [-0.25, -0.2) is 0 Å². The van der Waals surface area contributed by atoms with Crippen LogP contribution in [0, 0.1) is 0 Å². The summed E-state index contributed by atoms with van der Waals surface area (Å²) in [4.78, 5) is 11.4. The third-order valence-electron chi connectivity index (χ3n) is 3.89. The van der Waals surface area contributed by atoms with Crippen molar-refractivity contribution in [3.05, 3.63) is 29.0 Å². The van der Waals surface area contributed by atoms with Gasteiger partial charge in [0, 0.05) is 35.3 Å². The Morgan fingerprint density at radius 1 is 1.30 bits per heavy atom. The molecule has 3 heterocycles. The summed E-state index contributed by atoms with van der Waals surface area (Å²) in [6.45, 7) is 1.05. The molecular weight excluding hydrogens is 338 g/mol. The summed E-state index contributed by atoms with van der Waals surface area (Å²) in [7, 11) is 0. The predicted octanol–water partition coefficient (Wildman–Crippen LogP) is 4.38. The highest BCUT2D eigenvalue weighted by Crippen LogP contribution is 2.30. The van der Waals surface area contributed by atoms with E-state index in [0.717, 1.165) is 34.2 Å². The molecule has 106 valence electrons. The first kappa shape index (κ1) is 14.1. The number of anilines is 1. The molecule has 1 unspecified atom stereocenters. The summed E-state index contributed by atoms with van der Waals surface area (Å²) in [5.74, 6) is 0.667. The fraction of sp³-hybridized carbons (Fsp3) is 0.467. The first-order chi connectivity index (χ1) is 9.79. The van der Waals surface area contributed by atoms with Gasteiger partial charge in [0.1, 0.15) is 5.52 Å². The number of hydrogen-bond acceptors (Lipinski definition) is 3. The molecule has 3 rings (SSSR count). The van der Waals surface area contributed by atoms with E-state index in [1.807, 2.05) is 18.5 Å². The van der Waals surface area contributed by atoms with E-state index in [0.29, 0.717) is 11.9 Å². The maximum atomic E-state index is 6.19. The lowest BCUT2D eigenvalue weighted by molar-refractivity contribution is 0.622. The van der Waals surface area contributed by atoms with Gasteiger partial charge >= 0.3 is 0 Å². The minimum atomic E-state index is 0.398. The van der Waals surface area contributed by atoms with Gasteiger partial charge in [-0.2, -0.15) is 0 Å². The third-order valence-corrected chi connectivity index (χ3v) is 4.68. The number of rotatable bonds is 2. The molecule has 20 heavy (non-hydrogen) atoms. The predicted molar refractivity (Wildman–Crippen MR) is 87.6 cm³/mol. The SMILES string of the molecule is ClCC1CCCCCN1c1ccnc2cc(Br)cnc12. The number of nitrogens with zero attached hydrogens (tertiary/aromatic N) is 3. The smallest absolute Gasteiger partial charge is 0.112 e. The molecule has 1 aliphatic heterocycles. The topological polar surface area (TPSA) is 29.0 Å². The van der Waals surface area contributed by atoms with Crippen molar-refractivity contribution in [2.75, 3.05) is 17.3 Å². The molecule has 5 heteroatoms. The van der Waals surface area contributed by atoms with Crippen molar-refractivity contribution in [1.82, 2.24) is 9.97 Å². The molecule has 3 nitrogen and oxygen atoms in total. The molecule has 0 spiro atoms. The first-order valence-electron chi connectivity index (χ1n) is 7.02. The van der Waals surface area contributed by atoms with Crippen LogP contribution in [-0.2, 0) is 0 Å². The van der Waals surface area contributed by atoms with Crippen LogP contribution in [0.5, 0.6) is 0 Å². The van der Waals surface area contributed by atoms with E-state index in [1.54, 1.807) is 0 Å². The molecule has 0 saturated carbocycles. The zero-order valence-corrected chi connectivity index (χ0v) is 13.6. The molecule has 0 aromatic carbocycles. The lowest BCUT2D eigenvalue weighted by Gasteiger charge is -2.31. The Bertz CT molecular complexity index is 605. The molecule has 1 aliphatic rings. The van der Waals surface area contributed by atoms with E-state index in [-0.39, 0.29) is 0 Å². The van der Waals surface area contributed by atoms with Crippen LogP contribution < -0.4 is 4.90 Å². The van der Waals surface area contributed by atoms with Gasteiger partial charge in [-0.15, -0.1) is 11.6 Å². The highest BCUT2D eigenvalue weighted by Gasteiger charge is 2.22. The Morgan fingerprint density at radius 2 is 2.20 bits per heavy atom. The average molecular weight is 355 g/mol. The molecule has 1 fully saturated rings. The van der Waals surface area contributed by atoms with Crippen LogP contribution in [-0.4, -0.2) is 28.4 Å². The van der Waals surface area contributed by atoms with Gasteiger partial charge in [-0.3, -0.25) is 9.97 Å². The Balaban J connectivity index is 2.07. The van der Waals surface area contributed by atoms with Crippen LogP contribution in [0.25, 0.3) is 11.0 Å². The van der Waals surface area contributed by atoms with Gasteiger partial charge in [0.05, 0.1) is 11.2 Å². The van der Waals surface area contributed by atoms with Crippen LogP contribution in [0.2, 0.25) is 0 Å². The fourth-order valence-electron chi connectivity index (χ4n) is 2.88. The number of aromatic nitrogens is 2. The summed E-state index contributed by atoms with van der Waals surface area (Å²) in [5, 5.41) is 0. The molecule has 0 bridgehead atoms. The second-order valence-corrected chi connectivity index (χ2v) is 6.43. The van der Waals surface area contributed by atoms with Gasteiger partial charge in [0.2, 0.25) is 0 Å². The summed E-state index contributed by atoms with van der Waals surface area (Å²) >= 11 is 9.64. The van der Waals surface area contributed by atoms with E-state index in [1.165, 1.54) is 19.3 Å². The fourth-order valence-corrected chi connectivity index (χ4v) is 3.52. The standard InChI is InChI=1S/C15H17BrClN3/c16-11-8-13-15(19-10-11)14(5-6-18-13)20-7-3-1-2-4-12(20)9-17/h5-6,8,10,12H,1-4,7,9H2. The lowest BCUT2D eigenvalue weighted by atomic mass is 10.1. The number of alkyl halides is 1. The minimum Gasteiger partial charge on any atom is -0.365 e. The zero-order chi connectivity index (χ0) is 13.9. The third kappa shape index (κ3) is 2.77. The molecule has 0 N–H and O–H groups in total. The van der Waals surface area contributed by atoms with Gasteiger partial charge in [-0.1, -0.05) is 12.8 Å². The van der Waals surface area contributed by atoms with E-state index in [2.05, 4.69) is 36.9 Å². The Hall–Kier alpha value is -0.870. The summed E-state index contributed by atoms with van der Waals surface area (Å²) < 4.78 is 0.958. The van der Waals surface area contributed by atoms with Crippen molar-refractivity contribution < 1.29 is 0 Å². The highest BCUT2D eigenvalue weighted by atomic mass is 79.9. The second-order valence-electron chi connectivity index (χ2n) is 5.20. The molecule has 2 aromatic rings. The molecule has 0 radical (unpaired) electrons. The number of fused-ring (bicyclic) bond motifs is 1. The molecular formula is C15H17BrClN3. The quantitative estimate of drug-likeness (QED) is 0.749. The zero-order valence-electron chi connectivity index (χ0n) is 11.2. The van der Waals surface area contributed by atoms with Crippen molar-refractivity contribution in [3.63, 3.8) is 0 Å². The van der Waals surface area contributed by atoms with Crippen LogP contribution in [0.1, 0.15) is 25.7 Å². The van der Waals surface area contributed by atoms with Crippen molar-refractivity contribution >= 4 is 44.3 Å². The Kier molecular flexibility index (Phi) is 4.41. The van der Waals surface area contributed by atoms with Crippen molar-refractivity contribution in [3.8, 4) is 0 Å². The van der Waals surface area contributed by atoms with Gasteiger partial charge < -0.3 is 4.90 Å². The maximum absolute atomic E-state index is 6.19. The monoisotopic (exact) mass is 353 g/mol. The number of halogens is 2. The molecule has 0 amide bonds. The maximum Gasteiger partial charge on any atom is 0.112 e. The largest absolute Gasteiger partial charge is 0.365 e. The lowest BCUT2D eigenvalue weighted by Crippen LogP contribution is -2.36. The average Bonchev–Trinajstić information content (AvgIpc) is 2.71. The molecule has 1 atom stereocenters. The van der Waals surface area contributed by atoms with Gasteiger partial charge in [-0.05, 0) is 40.9 Å². The summed E-state index contributed by atoms with van der Waals surface area (Å²) in [6, 6.07) is 4.48. The minimum absolute atomic E-state index is 0.398. The van der Waals surface area contributed by atoms with E-state index in [9.17, 15) is 0 Å². The van der Waals surface area contributed by atoms with Crippen molar-refractivity contribution in [2.24, 2.45) is 0 Å². The van der Waals surface area contributed by atoms with Crippen molar-refractivity contribution in [1.29, 1.82) is 0 Å². The summed E-state index contributed by atoms with van der Waals surface area (Å²) in [5.41, 5.74) is 3.05. The summed E-state index contributed by atoms with van der Waals surface area (Å²) in [6.07, 6.45) is 8.61. The molecule has 0 aliphatic carbocycles. The second kappa shape index (κ2) is 6.27. The van der Waals surface area contributed by atoms with Gasteiger partial charge in [0.25, 0.3) is 0 Å². The van der Waals surface area contributed by atoms with E-state index in [4.69, 9.17) is 11.6 Å². The number of hydrogen-bond donors (Lipinski definition) is 0. The number of pyridine rings is 2. The van der Waals surface area contributed by atoms with Crippen LogP contribution in [0.15, 0.2) is 29.0 Å². The highest BCUT2D eigenvalue weighted by molar-refractivity contribution is 9.10. The molecule has 2 aromatic heterocycles. The first-order valence-corrected chi connectivity index (χ1v) is 8.35. The van der Waals surface area contributed by atoms with E-state index < -0.39 is 0 Å². The normalized spacial score (nSPS) is 20.1.